The molecule has 0 aromatic carbocycles. The molecule has 2 bridgehead atoms. The van der Waals surface area contributed by atoms with Crippen molar-refractivity contribution < 1.29 is 4.74 Å². The van der Waals surface area contributed by atoms with E-state index in [4.69, 9.17) is 14.7 Å². The summed E-state index contributed by atoms with van der Waals surface area (Å²) in [6.45, 7) is 9.49. The second kappa shape index (κ2) is 5.84. The molecular weight excluding hydrogens is 388 g/mol. The van der Waals surface area contributed by atoms with Gasteiger partial charge in [0.15, 0.2) is 5.54 Å². The Hall–Kier alpha value is -2.51. The van der Waals surface area contributed by atoms with Crippen molar-refractivity contribution in [2.45, 2.75) is 44.7 Å². The summed E-state index contributed by atoms with van der Waals surface area (Å²) in [5.41, 5.74) is 5.17. The normalized spacial score (nSPS) is 33.1. The molecule has 7 nitrogen and oxygen atoms in total. The van der Waals surface area contributed by atoms with Crippen molar-refractivity contribution in [2.24, 2.45) is 5.41 Å². The van der Waals surface area contributed by atoms with E-state index in [-0.39, 0.29) is 0 Å². The Labute approximate surface area is 182 Å². The molecule has 1 spiro atoms. The van der Waals surface area contributed by atoms with Crippen LogP contribution < -0.4 is 9.38 Å². The maximum Gasteiger partial charge on any atom is 0.160 e. The lowest BCUT2D eigenvalue weighted by Crippen LogP contribution is -2.64. The standard InChI is InChI=1S/C24H29N6O/c1-23(2)12-16-13-24(14-23)15-30(16,24)19-11-20(29-7-9-31-10-8-29)27-21-17(19)3-5-25-22(21)18-4-6-26-28-18/h3-6,11,16H,7-10,12-15H2,1-2H3,(H,26,28)/q+1/t16?,24-,30?/m1/s1. The number of anilines is 1. The van der Waals surface area contributed by atoms with Gasteiger partial charge in [0, 0.05) is 44.4 Å². The van der Waals surface area contributed by atoms with E-state index in [0.717, 1.165) is 55.1 Å². The van der Waals surface area contributed by atoms with Crippen molar-refractivity contribution in [1.29, 1.82) is 0 Å². The predicted octanol–water partition coefficient (Wildman–Crippen LogP) is 3.51. The van der Waals surface area contributed by atoms with E-state index >= 15 is 0 Å². The third kappa shape index (κ3) is 2.33. The highest BCUT2D eigenvalue weighted by atomic mass is 16.5. The third-order valence-corrected chi connectivity index (χ3v) is 8.33. The van der Waals surface area contributed by atoms with E-state index in [2.05, 4.69) is 41.1 Å². The first-order chi connectivity index (χ1) is 15.0. The van der Waals surface area contributed by atoms with Gasteiger partial charge < -0.3 is 9.64 Å². The number of quaternary nitrogens is 1. The molecule has 7 heteroatoms. The van der Waals surface area contributed by atoms with Crippen LogP contribution >= 0.6 is 0 Å². The van der Waals surface area contributed by atoms with Crippen molar-refractivity contribution >= 4 is 22.4 Å². The molecule has 0 amide bonds. The van der Waals surface area contributed by atoms with Gasteiger partial charge in [-0.05, 0) is 17.5 Å². The van der Waals surface area contributed by atoms with Gasteiger partial charge >= 0.3 is 0 Å². The number of aromatic amines is 1. The molecule has 5 aliphatic rings. The van der Waals surface area contributed by atoms with Crippen molar-refractivity contribution in [3.05, 3.63) is 30.6 Å². The predicted molar refractivity (Wildman–Crippen MR) is 121 cm³/mol. The van der Waals surface area contributed by atoms with Gasteiger partial charge in [-0.3, -0.25) is 14.6 Å². The number of nitrogens with one attached hydrogen (secondary N) is 1. The molecule has 8 rings (SSSR count). The number of aromatic nitrogens is 4. The molecule has 4 aliphatic heterocycles. The minimum Gasteiger partial charge on any atom is -0.378 e. The van der Waals surface area contributed by atoms with Crippen molar-refractivity contribution in [3.63, 3.8) is 0 Å². The first-order valence-electron chi connectivity index (χ1n) is 11.5. The highest BCUT2D eigenvalue weighted by Gasteiger charge is 2.86. The zero-order chi connectivity index (χ0) is 20.8. The minimum atomic E-state index is 0.445. The van der Waals surface area contributed by atoms with Crippen LogP contribution in [0.2, 0.25) is 0 Å². The van der Waals surface area contributed by atoms with Gasteiger partial charge in [0.2, 0.25) is 0 Å². The highest BCUT2D eigenvalue weighted by molar-refractivity contribution is 6.00. The Bertz CT molecular complexity index is 1180. The summed E-state index contributed by atoms with van der Waals surface area (Å²) in [6, 6.07) is 7.29. The first-order valence-corrected chi connectivity index (χ1v) is 11.5. The van der Waals surface area contributed by atoms with Gasteiger partial charge in [-0.25, -0.2) is 4.98 Å². The highest BCUT2D eigenvalue weighted by Crippen LogP contribution is 2.72. The van der Waals surface area contributed by atoms with Crippen LogP contribution in [-0.4, -0.2) is 64.6 Å². The number of H-pyrrole nitrogens is 1. The Morgan fingerprint density at radius 1 is 1.16 bits per heavy atom. The molecule has 1 aliphatic carbocycles. The molecule has 160 valence electrons. The molecule has 3 aromatic rings. The summed E-state index contributed by atoms with van der Waals surface area (Å²) in [5, 5.41) is 8.51. The van der Waals surface area contributed by atoms with Gasteiger partial charge in [0.05, 0.1) is 30.7 Å². The number of morpholine rings is 1. The average Bonchev–Trinajstić information content (AvgIpc) is 3.09. The SMILES string of the molecule is CC1(C)CC2C[C@@]3(C1)C[N+]23c1cc(N2CCOCC2)nc2c(-c3ccn[nH]3)nccc12. The van der Waals surface area contributed by atoms with E-state index in [1.165, 1.54) is 41.4 Å². The number of piperidine rings is 1. The maximum absolute atomic E-state index is 5.61. The van der Waals surface area contributed by atoms with Gasteiger partial charge in [0.1, 0.15) is 35.3 Å². The lowest BCUT2D eigenvalue weighted by atomic mass is 9.64. The molecule has 2 unspecified atom stereocenters. The zero-order valence-corrected chi connectivity index (χ0v) is 18.3. The fraction of sp³-hybridized carbons (Fsp3) is 0.542. The number of pyridine rings is 2. The Morgan fingerprint density at radius 3 is 2.81 bits per heavy atom. The minimum absolute atomic E-state index is 0.445. The molecule has 3 aromatic heterocycles. The average molecular weight is 418 g/mol. The van der Waals surface area contributed by atoms with E-state index in [1.807, 2.05) is 12.3 Å². The van der Waals surface area contributed by atoms with Crippen molar-refractivity contribution in [1.82, 2.24) is 24.6 Å². The number of fused-ring (bicyclic) bond motifs is 3. The summed E-state index contributed by atoms with van der Waals surface area (Å²) in [6.07, 6.45) is 7.74. The summed E-state index contributed by atoms with van der Waals surface area (Å²) >= 11 is 0. The van der Waals surface area contributed by atoms with E-state index in [9.17, 15) is 0 Å². The van der Waals surface area contributed by atoms with Gasteiger partial charge in [-0.15, -0.1) is 0 Å². The van der Waals surface area contributed by atoms with Gasteiger partial charge in [0.25, 0.3) is 0 Å². The van der Waals surface area contributed by atoms with Crippen LogP contribution in [0, 0.1) is 5.41 Å². The third-order valence-electron chi connectivity index (χ3n) is 8.33. The number of hydrogen-bond donors (Lipinski definition) is 1. The first kappa shape index (κ1) is 18.1. The maximum atomic E-state index is 5.61. The number of nitrogens with zero attached hydrogens (tertiary/aromatic N) is 5. The second-order valence-corrected chi connectivity index (χ2v) is 10.8. The van der Waals surface area contributed by atoms with Crippen LogP contribution in [0.1, 0.15) is 33.1 Å². The molecule has 1 saturated carbocycles. The summed E-state index contributed by atoms with van der Waals surface area (Å²) in [5.74, 6) is 1.07. The van der Waals surface area contributed by atoms with Crippen LogP contribution in [0.4, 0.5) is 11.5 Å². The second-order valence-electron chi connectivity index (χ2n) is 10.8. The molecule has 3 atom stereocenters. The topological polar surface area (TPSA) is 66.9 Å². The fourth-order valence-corrected chi connectivity index (χ4v) is 7.28. The van der Waals surface area contributed by atoms with E-state index in [1.54, 1.807) is 6.20 Å². The smallest absolute Gasteiger partial charge is 0.160 e. The Balaban J connectivity index is 1.44. The molecule has 7 heterocycles. The number of hydrogen-bond acceptors (Lipinski definition) is 5. The number of rotatable bonds is 3. The molecule has 4 saturated heterocycles. The Kier molecular flexibility index (Phi) is 3.41. The lowest BCUT2D eigenvalue weighted by molar-refractivity contribution is 0.0247. The molecular formula is C24H29N6O+. The zero-order valence-electron chi connectivity index (χ0n) is 18.3. The summed E-state index contributed by atoms with van der Waals surface area (Å²) in [4.78, 5) is 12.3. The van der Waals surface area contributed by atoms with E-state index < -0.39 is 0 Å². The van der Waals surface area contributed by atoms with Gasteiger partial charge in [-0.2, -0.15) is 5.10 Å². The monoisotopic (exact) mass is 417 g/mol. The van der Waals surface area contributed by atoms with Gasteiger partial charge in [-0.1, -0.05) is 13.8 Å². The molecule has 31 heavy (non-hydrogen) atoms. The molecule has 5 fully saturated rings. The quantitative estimate of drug-likeness (QED) is 0.522. The molecule has 1 N–H and O–H groups in total. The van der Waals surface area contributed by atoms with E-state index in [0.29, 0.717) is 11.0 Å². The summed E-state index contributed by atoms with van der Waals surface area (Å²) < 4.78 is 6.78. The Morgan fingerprint density at radius 2 is 2.03 bits per heavy atom. The fourth-order valence-electron chi connectivity index (χ4n) is 7.28. The van der Waals surface area contributed by atoms with Crippen LogP contribution in [0.25, 0.3) is 22.3 Å². The van der Waals surface area contributed by atoms with Crippen molar-refractivity contribution in [2.75, 3.05) is 37.7 Å². The van der Waals surface area contributed by atoms with Crippen LogP contribution in [0.15, 0.2) is 30.6 Å². The van der Waals surface area contributed by atoms with Crippen LogP contribution in [0.3, 0.4) is 0 Å². The molecule has 0 radical (unpaired) electrons. The van der Waals surface area contributed by atoms with Crippen molar-refractivity contribution in [3.8, 4) is 11.4 Å². The largest absolute Gasteiger partial charge is 0.378 e. The summed E-state index contributed by atoms with van der Waals surface area (Å²) in [7, 11) is 0. The number of ether oxygens (including phenoxy) is 1. The van der Waals surface area contributed by atoms with Crippen LogP contribution in [-0.2, 0) is 4.74 Å². The van der Waals surface area contributed by atoms with Crippen LogP contribution in [0.5, 0.6) is 0 Å². The lowest BCUT2D eigenvalue weighted by Gasteiger charge is -2.53.